The minimum atomic E-state index is -0.0163. The van der Waals surface area contributed by atoms with Gasteiger partial charge in [0.15, 0.2) is 12.4 Å². The summed E-state index contributed by atoms with van der Waals surface area (Å²) < 4.78 is 10.8. The first-order chi connectivity index (χ1) is 10.8. The van der Waals surface area contributed by atoms with E-state index in [1.807, 2.05) is 54.6 Å². The molecule has 0 atom stereocenters. The Morgan fingerprint density at radius 3 is 2.36 bits per heavy atom. The van der Waals surface area contributed by atoms with Gasteiger partial charge in [0.05, 0.1) is 13.2 Å². The van der Waals surface area contributed by atoms with Gasteiger partial charge in [0.25, 0.3) is 0 Å². The fourth-order valence-corrected chi connectivity index (χ4v) is 2.43. The number of ether oxygens (including phenoxy) is 2. The fourth-order valence-electron chi connectivity index (χ4n) is 2.43. The number of para-hydroxylation sites is 1. The van der Waals surface area contributed by atoms with E-state index in [9.17, 15) is 4.79 Å². The molecule has 1 fully saturated rings. The van der Waals surface area contributed by atoms with Gasteiger partial charge in [-0.05, 0) is 36.4 Å². The van der Waals surface area contributed by atoms with Crippen molar-refractivity contribution in [2.75, 3.05) is 37.8 Å². The Bertz CT molecular complexity index is 604. The van der Waals surface area contributed by atoms with Crippen LogP contribution in [0.15, 0.2) is 54.6 Å². The SMILES string of the molecule is O=C(COc1ccccc1)c1ccc(N2CCOCC2)cc1. The van der Waals surface area contributed by atoms with Crippen LogP contribution in [0, 0.1) is 0 Å². The normalized spacial score (nSPS) is 14.6. The molecule has 0 unspecified atom stereocenters. The molecule has 0 N–H and O–H groups in total. The van der Waals surface area contributed by atoms with Crippen LogP contribution in [0.25, 0.3) is 0 Å². The number of rotatable bonds is 5. The number of carbonyl (C=O) groups is 1. The Labute approximate surface area is 130 Å². The monoisotopic (exact) mass is 297 g/mol. The van der Waals surface area contributed by atoms with Gasteiger partial charge in [-0.3, -0.25) is 4.79 Å². The first-order valence-electron chi connectivity index (χ1n) is 7.47. The third-order valence-corrected chi connectivity index (χ3v) is 3.68. The van der Waals surface area contributed by atoms with Gasteiger partial charge < -0.3 is 14.4 Å². The van der Waals surface area contributed by atoms with E-state index in [0.29, 0.717) is 11.3 Å². The smallest absolute Gasteiger partial charge is 0.200 e. The summed E-state index contributed by atoms with van der Waals surface area (Å²) in [5, 5.41) is 0. The molecule has 114 valence electrons. The molecule has 0 bridgehead atoms. The Hall–Kier alpha value is -2.33. The highest BCUT2D eigenvalue weighted by molar-refractivity contribution is 5.97. The lowest BCUT2D eigenvalue weighted by atomic mass is 10.1. The number of hydrogen-bond acceptors (Lipinski definition) is 4. The molecule has 4 heteroatoms. The van der Waals surface area contributed by atoms with Crippen LogP contribution in [0.5, 0.6) is 5.75 Å². The van der Waals surface area contributed by atoms with Crippen molar-refractivity contribution < 1.29 is 14.3 Å². The van der Waals surface area contributed by atoms with E-state index in [2.05, 4.69) is 4.90 Å². The predicted octanol–water partition coefficient (Wildman–Crippen LogP) is 2.78. The number of Topliss-reactive ketones (excluding diaryl/α,β-unsaturated/α-hetero) is 1. The van der Waals surface area contributed by atoms with Gasteiger partial charge >= 0.3 is 0 Å². The van der Waals surface area contributed by atoms with Crippen molar-refractivity contribution in [3.8, 4) is 5.75 Å². The highest BCUT2D eigenvalue weighted by Crippen LogP contribution is 2.17. The van der Waals surface area contributed by atoms with E-state index in [1.54, 1.807) is 0 Å². The molecule has 22 heavy (non-hydrogen) atoms. The molecule has 1 aliphatic rings. The molecule has 1 saturated heterocycles. The summed E-state index contributed by atoms with van der Waals surface area (Å²) in [5.74, 6) is 0.693. The highest BCUT2D eigenvalue weighted by Gasteiger charge is 2.12. The van der Waals surface area contributed by atoms with Crippen LogP contribution in [-0.4, -0.2) is 38.7 Å². The maximum atomic E-state index is 12.1. The highest BCUT2D eigenvalue weighted by atomic mass is 16.5. The second-order valence-electron chi connectivity index (χ2n) is 5.17. The lowest BCUT2D eigenvalue weighted by Crippen LogP contribution is -2.36. The summed E-state index contributed by atoms with van der Waals surface area (Å²) in [6, 6.07) is 17.1. The van der Waals surface area contributed by atoms with E-state index in [1.165, 1.54) is 0 Å². The molecule has 0 aromatic heterocycles. The van der Waals surface area contributed by atoms with Crippen molar-refractivity contribution >= 4 is 11.5 Å². The molecule has 2 aromatic rings. The first-order valence-corrected chi connectivity index (χ1v) is 7.47. The molecule has 0 aliphatic carbocycles. The predicted molar refractivity (Wildman–Crippen MR) is 85.7 cm³/mol. The number of benzene rings is 2. The summed E-state index contributed by atoms with van der Waals surface area (Å²) in [6.07, 6.45) is 0. The Kier molecular flexibility index (Phi) is 4.71. The number of morpholine rings is 1. The van der Waals surface area contributed by atoms with E-state index in [4.69, 9.17) is 9.47 Å². The number of hydrogen-bond donors (Lipinski definition) is 0. The first kappa shape index (κ1) is 14.6. The van der Waals surface area contributed by atoms with Crippen LogP contribution in [0.1, 0.15) is 10.4 Å². The zero-order chi connectivity index (χ0) is 15.2. The number of anilines is 1. The average Bonchev–Trinajstić information content (AvgIpc) is 2.61. The van der Waals surface area contributed by atoms with Gasteiger partial charge in [0.1, 0.15) is 5.75 Å². The molecule has 0 spiro atoms. The quantitative estimate of drug-likeness (QED) is 0.796. The third-order valence-electron chi connectivity index (χ3n) is 3.68. The standard InChI is InChI=1S/C18H19NO3/c20-18(14-22-17-4-2-1-3-5-17)15-6-8-16(9-7-15)19-10-12-21-13-11-19/h1-9H,10-14H2. The molecule has 0 saturated carbocycles. The fraction of sp³-hybridized carbons (Fsp3) is 0.278. The Morgan fingerprint density at radius 1 is 1.00 bits per heavy atom. The van der Waals surface area contributed by atoms with Crippen molar-refractivity contribution in [1.29, 1.82) is 0 Å². The van der Waals surface area contributed by atoms with Crippen molar-refractivity contribution in [2.45, 2.75) is 0 Å². The van der Waals surface area contributed by atoms with Gasteiger partial charge in [-0.15, -0.1) is 0 Å². The Balaban J connectivity index is 1.58. The zero-order valence-electron chi connectivity index (χ0n) is 12.4. The van der Waals surface area contributed by atoms with Crippen molar-refractivity contribution in [3.05, 3.63) is 60.2 Å². The lowest BCUT2D eigenvalue weighted by molar-refractivity contribution is 0.0921. The van der Waals surface area contributed by atoms with Crippen molar-refractivity contribution in [3.63, 3.8) is 0 Å². The van der Waals surface area contributed by atoms with Gasteiger partial charge in [-0.1, -0.05) is 18.2 Å². The van der Waals surface area contributed by atoms with Crippen LogP contribution in [0.2, 0.25) is 0 Å². The average molecular weight is 297 g/mol. The largest absolute Gasteiger partial charge is 0.485 e. The van der Waals surface area contributed by atoms with Gasteiger partial charge in [0.2, 0.25) is 0 Å². The molecular weight excluding hydrogens is 278 g/mol. The van der Waals surface area contributed by atoms with Crippen molar-refractivity contribution in [2.24, 2.45) is 0 Å². The third kappa shape index (κ3) is 3.65. The van der Waals surface area contributed by atoms with Crippen LogP contribution in [0.3, 0.4) is 0 Å². The summed E-state index contributed by atoms with van der Waals surface area (Å²) in [4.78, 5) is 14.4. The number of carbonyl (C=O) groups excluding carboxylic acids is 1. The molecule has 1 aliphatic heterocycles. The molecule has 4 nitrogen and oxygen atoms in total. The van der Waals surface area contributed by atoms with Crippen LogP contribution in [-0.2, 0) is 4.74 Å². The van der Waals surface area contributed by atoms with Gasteiger partial charge in [-0.2, -0.15) is 0 Å². The summed E-state index contributed by atoms with van der Waals surface area (Å²) >= 11 is 0. The molecule has 3 rings (SSSR count). The summed E-state index contributed by atoms with van der Waals surface area (Å²) in [5.41, 5.74) is 1.80. The summed E-state index contributed by atoms with van der Waals surface area (Å²) in [6.45, 7) is 3.35. The molecular formula is C18H19NO3. The van der Waals surface area contributed by atoms with E-state index >= 15 is 0 Å². The van der Waals surface area contributed by atoms with E-state index in [0.717, 1.165) is 32.0 Å². The maximum absolute atomic E-state index is 12.1. The topological polar surface area (TPSA) is 38.8 Å². The van der Waals surface area contributed by atoms with Gasteiger partial charge in [-0.25, -0.2) is 0 Å². The second kappa shape index (κ2) is 7.09. The molecule has 0 radical (unpaired) electrons. The lowest BCUT2D eigenvalue weighted by Gasteiger charge is -2.28. The van der Waals surface area contributed by atoms with E-state index in [-0.39, 0.29) is 12.4 Å². The minimum Gasteiger partial charge on any atom is -0.485 e. The molecule has 0 amide bonds. The van der Waals surface area contributed by atoms with Gasteiger partial charge in [0, 0.05) is 24.3 Å². The molecule has 2 aromatic carbocycles. The van der Waals surface area contributed by atoms with E-state index < -0.39 is 0 Å². The summed E-state index contributed by atoms with van der Waals surface area (Å²) in [7, 11) is 0. The Morgan fingerprint density at radius 2 is 1.68 bits per heavy atom. The zero-order valence-corrected chi connectivity index (χ0v) is 12.4. The second-order valence-corrected chi connectivity index (χ2v) is 5.17. The molecule has 1 heterocycles. The van der Waals surface area contributed by atoms with Crippen LogP contribution < -0.4 is 9.64 Å². The number of ketones is 1. The number of nitrogens with zero attached hydrogens (tertiary/aromatic N) is 1. The van der Waals surface area contributed by atoms with Crippen LogP contribution >= 0.6 is 0 Å². The van der Waals surface area contributed by atoms with Crippen molar-refractivity contribution in [1.82, 2.24) is 0 Å². The minimum absolute atomic E-state index is 0.0163. The maximum Gasteiger partial charge on any atom is 0.200 e. The van der Waals surface area contributed by atoms with Crippen LogP contribution in [0.4, 0.5) is 5.69 Å².